The van der Waals surface area contributed by atoms with E-state index in [-0.39, 0.29) is 12.5 Å². The van der Waals surface area contributed by atoms with Crippen LogP contribution in [0.15, 0.2) is 54.9 Å². The average molecular weight is 524 g/mol. The molecule has 4 nitrogen and oxygen atoms in total. The first-order chi connectivity index (χ1) is 11.0. The van der Waals surface area contributed by atoms with Crippen LogP contribution in [-0.4, -0.2) is 18.7 Å². The van der Waals surface area contributed by atoms with Gasteiger partial charge in [0, 0.05) is 18.4 Å². The third-order valence-electron chi connectivity index (χ3n) is 2.71. The molecule has 0 fully saturated rings. The van der Waals surface area contributed by atoms with Crippen molar-refractivity contribution in [1.29, 1.82) is 0 Å². The Kier molecular flexibility index (Phi) is 7.08. The standard InChI is InChI=1S/C15H11Br3ClN3O/c16-10-5-12(17)15(13(18)6-10)20-8-14(23)22-21-7-9-1-3-11(19)4-2-9/h1-7,20H,8H2,(H,22,23). The van der Waals surface area contributed by atoms with Crippen molar-refractivity contribution in [3.63, 3.8) is 0 Å². The second kappa shape index (κ2) is 8.82. The van der Waals surface area contributed by atoms with Gasteiger partial charge in [-0.15, -0.1) is 0 Å². The second-order valence-corrected chi connectivity index (χ2v) is 7.50. The Labute approximate surface area is 164 Å². The van der Waals surface area contributed by atoms with Gasteiger partial charge < -0.3 is 5.32 Å². The van der Waals surface area contributed by atoms with Gasteiger partial charge in [0.2, 0.25) is 0 Å². The summed E-state index contributed by atoms with van der Waals surface area (Å²) in [5, 5.41) is 7.60. The van der Waals surface area contributed by atoms with Gasteiger partial charge in [-0.1, -0.05) is 39.7 Å². The van der Waals surface area contributed by atoms with Crippen LogP contribution in [0, 0.1) is 0 Å². The van der Waals surface area contributed by atoms with Crippen LogP contribution in [0.1, 0.15) is 5.56 Å². The first-order valence-electron chi connectivity index (χ1n) is 6.41. The molecule has 0 spiro atoms. The molecule has 1 amide bonds. The molecule has 2 aromatic rings. The molecule has 23 heavy (non-hydrogen) atoms. The second-order valence-electron chi connectivity index (χ2n) is 4.44. The molecule has 8 heteroatoms. The summed E-state index contributed by atoms with van der Waals surface area (Å²) >= 11 is 16.1. The molecule has 0 aliphatic rings. The van der Waals surface area contributed by atoms with E-state index in [4.69, 9.17) is 11.6 Å². The Morgan fingerprint density at radius 1 is 1.13 bits per heavy atom. The van der Waals surface area contributed by atoms with Crippen LogP contribution < -0.4 is 10.7 Å². The maximum atomic E-state index is 11.8. The lowest BCUT2D eigenvalue weighted by atomic mass is 10.2. The number of hydrogen-bond donors (Lipinski definition) is 2. The summed E-state index contributed by atoms with van der Waals surface area (Å²) in [5.74, 6) is -0.253. The summed E-state index contributed by atoms with van der Waals surface area (Å²) in [6.45, 7) is 0.0940. The summed E-state index contributed by atoms with van der Waals surface area (Å²) < 4.78 is 2.62. The lowest BCUT2D eigenvalue weighted by Crippen LogP contribution is -2.26. The van der Waals surface area contributed by atoms with Gasteiger partial charge in [-0.3, -0.25) is 4.79 Å². The third-order valence-corrected chi connectivity index (χ3v) is 4.67. The van der Waals surface area contributed by atoms with Gasteiger partial charge in [-0.05, 0) is 61.7 Å². The molecule has 0 saturated heterocycles. The molecule has 0 unspecified atom stereocenters. The number of carbonyl (C=O) groups is 1. The first kappa shape index (κ1) is 18.4. The van der Waals surface area contributed by atoms with Crippen molar-refractivity contribution in [2.24, 2.45) is 5.10 Å². The molecule has 2 rings (SSSR count). The number of hydrazone groups is 1. The van der Waals surface area contributed by atoms with Crippen LogP contribution >= 0.6 is 59.4 Å². The molecule has 0 atom stereocenters. The number of nitrogens with zero attached hydrogens (tertiary/aromatic N) is 1. The molecular formula is C15H11Br3ClN3O. The lowest BCUT2D eigenvalue weighted by Gasteiger charge is -2.10. The number of hydrogen-bond acceptors (Lipinski definition) is 3. The Morgan fingerprint density at radius 3 is 2.35 bits per heavy atom. The quantitative estimate of drug-likeness (QED) is 0.418. The predicted molar refractivity (Wildman–Crippen MR) is 105 cm³/mol. The van der Waals surface area contributed by atoms with E-state index in [0.717, 1.165) is 24.7 Å². The van der Waals surface area contributed by atoms with E-state index in [1.54, 1.807) is 18.3 Å². The van der Waals surface area contributed by atoms with Gasteiger partial charge in [0.15, 0.2) is 0 Å². The highest BCUT2D eigenvalue weighted by Crippen LogP contribution is 2.34. The van der Waals surface area contributed by atoms with Crippen molar-refractivity contribution < 1.29 is 4.79 Å². The van der Waals surface area contributed by atoms with Crippen molar-refractivity contribution in [1.82, 2.24) is 5.43 Å². The molecule has 120 valence electrons. The van der Waals surface area contributed by atoms with Crippen LogP contribution in [0.5, 0.6) is 0 Å². The van der Waals surface area contributed by atoms with Crippen molar-refractivity contribution in [3.8, 4) is 0 Å². The smallest absolute Gasteiger partial charge is 0.259 e. The number of carbonyl (C=O) groups excluding carboxylic acids is 1. The van der Waals surface area contributed by atoms with E-state index >= 15 is 0 Å². The van der Waals surface area contributed by atoms with Crippen molar-refractivity contribution in [3.05, 3.63) is 60.4 Å². The van der Waals surface area contributed by atoms with Crippen LogP contribution in [0.2, 0.25) is 5.02 Å². The van der Waals surface area contributed by atoms with Crippen LogP contribution in [0.3, 0.4) is 0 Å². The van der Waals surface area contributed by atoms with E-state index in [1.165, 1.54) is 0 Å². The highest BCUT2D eigenvalue weighted by atomic mass is 79.9. The normalized spacial score (nSPS) is 10.8. The molecule has 0 aliphatic carbocycles. The summed E-state index contributed by atoms with van der Waals surface area (Å²) in [7, 11) is 0. The maximum absolute atomic E-state index is 11.8. The largest absolute Gasteiger partial charge is 0.374 e. The first-order valence-corrected chi connectivity index (χ1v) is 9.17. The van der Waals surface area contributed by atoms with Gasteiger partial charge in [0.1, 0.15) is 0 Å². The van der Waals surface area contributed by atoms with Crippen molar-refractivity contribution >= 4 is 77.2 Å². The van der Waals surface area contributed by atoms with Gasteiger partial charge in [0.05, 0.1) is 18.4 Å². The fourth-order valence-electron chi connectivity index (χ4n) is 1.65. The fourth-order valence-corrected chi connectivity index (χ4v) is 4.31. The molecule has 0 saturated carbocycles. The van der Waals surface area contributed by atoms with Crippen molar-refractivity contribution in [2.45, 2.75) is 0 Å². The third kappa shape index (κ3) is 5.91. The van der Waals surface area contributed by atoms with Crippen LogP contribution in [0.4, 0.5) is 5.69 Å². The van der Waals surface area contributed by atoms with Crippen LogP contribution in [0.25, 0.3) is 0 Å². The SMILES string of the molecule is O=C(CNc1c(Br)cc(Br)cc1Br)NN=Cc1ccc(Cl)cc1. The minimum atomic E-state index is -0.253. The summed E-state index contributed by atoms with van der Waals surface area (Å²) in [5.41, 5.74) is 4.11. The van der Waals surface area contributed by atoms with Crippen molar-refractivity contribution in [2.75, 3.05) is 11.9 Å². The molecule has 0 radical (unpaired) electrons. The molecule has 0 aliphatic heterocycles. The van der Waals surface area contributed by atoms with E-state index in [1.807, 2.05) is 24.3 Å². The number of halogens is 4. The average Bonchev–Trinajstić information content (AvgIpc) is 2.48. The molecule has 0 heterocycles. The van der Waals surface area contributed by atoms with E-state index in [0.29, 0.717) is 5.02 Å². The number of benzene rings is 2. The Bertz CT molecular complexity index is 712. The number of rotatable bonds is 5. The lowest BCUT2D eigenvalue weighted by molar-refractivity contribution is -0.119. The highest BCUT2D eigenvalue weighted by molar-refractivity contribution is 9.11. The minimum absolute atomic E-state index is 0.0940. The number of anilines is 1. The molecule has 0 aromatic heterocycles. The zero-order valence-electron chi connectivity index (χ0n) is 11.6. The summed E-state index contributed by atoms with van der Waals surface area (Å²) in [4.78, 5) is 11.8. The monoisotopic (exact) mass is 521 g/mol. The summed E-state index contributed by atoms with van der Waals surface area (Å²) in [6, 6.07) is 10.9. The van der Waals surface area contributed by atoms with E-state index < -0.39 is 0 Å². The molecular weight excluding hydrogens is 513 g/mol. The van der Waals surface area contributed by atoms with Crippen LogP contribution in [-0.2, 0) is 4.79 Å². The number of amides is 1. The zero-order chi connectivity index (χ0) is 16.8. The zero-order valence-corrected chi connectivity index (χ0v) is 17.1. The Hall–Kier alpha value is -0.890. The minimum Gasteiger partial charge on any atom is -0.374 e. The van der Waals surface area contributed by atoms with Gasteiger partial charge in [0.25, 0.3) is 5.91 Å². The maximum Gasteiger partial charge on any atom is 0.259 e. The fraction of sp³-hybridized carbons (Fsp3) is 0.0667. The highest BCUT2D eigenvalue weighted by Gasteiger charge is 2.08. The van der Waals surface area contributed by atoms with E-state index in [9.17, 15) is 4.79 Å². The Balaban J connectivity index is 1.87. The van der Waals surface area contributed by atoms with Gasteiger partial charge in [-0.25, -0.2) is 5.43 Å². The molecule has 0 bridgehead atoms. The molecule has 2 N–H and O–H groups in total. The molecule has 2 aromatic carbocycles. The summed E-state index contributed by atoms with van der Waals surface area (Å²) in [6.07, 6.45) is 1.56. The van der Waals surface area contributed by atoms with Gasteiger partial charge >= 0.3 is 0 Å². The predicted octanol–water partition coefficient (Wildman–Crippen LogP) is 5.19. The topological polar surface area (TPSA) is 53.5 Å². The van der Waals surface area contributed by atoms with Gasteiger partial charge in [-0.2, -0.15) is 5.10 Å². The number of nitrogens with one attached hydrogen (secondary N) is 2. The Morgan fingerprint density at radius 2 is 1.74 bits per heavy atom. The van der Waals surface area contributed by atoms with E-state index in [2.05, 4.69) is 63.6 Å².